The standard InChI is InChI=1S/C23H33N5O2S/c1-4-6-9-31-18-14-27-23(28-15-18)26-12-16(3)11-24-21-8-7-17(13-25-21)19-10-20(19)22(29)30-5-2/h7-8,13-16,19-20H,4-6,9-12H2,1-3H3,(H,24,25)(H,26,27,28)/t16-,19-,20+/m1/s1. The molecule has 0 radical (unpaired) electrons. The van der Waals surface area contributed by atoms with Crippen molar-refractivity contribution in [2.45, 2.75) is 50.8 Å². The Labute approximate surface area is 189 Å². The molecule has 2 aromatic rings. The number of nitrogens with one attached hydrogen (secondary N) is 2. The van der Waals surface area contributed by atoms with Gasteiger partial charge in [-0.05, 0) is 49.0 Å². The Hall–Kier alpha value is -2.35. The number of hydrogen-bond acceptors (Lipinski definition) is 8. The summed E-state index contributed by atoms with van der Waals surface area (Å²) in [5.74, 6) is 3.14. The van der Waals surface area contributed by atoms with Crippen molar-refractivity contribution in [1.82, 2.24) is 15.0 Å². The van der Waals surface area contributed by atoms with E-state index in [0.29, 0.717) is 18.5 Å². The molecule has 0 bridgehead atoms. The first-order valence-corrected chi connectivity index (χ1v) is 12.1. The highest BCUT2D eigenvalue weighted by Gasteiger charge is 2.45. The Morgan fingerprint density at radius 1 is 1.16 bits per heavy atom. The maximum absolute atomic E-state index is 11.8. The number of pyridine rings is 1. The zero-order valence-corrected chi connectivity index (χ0v) is 19.5. The minimum absolute atomic E-state index is 0.00197. The highest BCUT2D eigenvalue weighted by Crippen LogP contribution is 2.48. The Kier molecular flexibility index (Phi) is 8.94. The average molecular weight is 444 g/mol. The first-order chi connectivity index (χ1) is 15.1. The summed E-state index contributed by atoms with van der Waals surface area (Å²) in [5.41, 5.74) is 1.10. The van der Waals surface area contributed by atoms with Crippen LogP contribution in [0.1, 0.15) is 51.5 Å². The predicted molar refractivity (Wildman–Crippen MR) is 126 cm³/mol. The Bertz CT molecular complexity index is 816. The van der Waals surface area contributed by atoms with Gasteiger partial charge in [-0.15, -0.1) is 11.8 Å². The lowest BCUT2D eigenvalue weighted by Crippen LogP contribution is -2.21. The molecule has 1 aliphatic rings. The van der Waals surface area contributed by atoms with Gasteiger partial charge in [-0.25, -0.2) is 15.0 Å². The molecular formula is C23H33N5O2S. The number of carbonyl (C=O) groups is 1. The van der Waals surface area contributed by atoms with E-state index < -0.39 is 0 Å². The molecule has 0 aliphatic heterocycles. The second-order valence-corrected chi connectivity index (χ2v) is 9.16. The fraction of sp³-hybridized carbons (Fsp3) is 0.565. The first kappa shape index (κ1) is 23.3. The molecular weight excluding hydrogens is 410 g/mol. The van der Waals surface area contributed by atoms with Gasteiger partial charge in [-0.2, -0.15) is 0 Å². The van der Waals surface area contributed by atoms with Gasteiger partial charge >= 0.3 is 5.97 Å². The topological polar surface area (TPSA) is 89.0 Å². The van der Waals surface area contributed by atoms with Crippen molar-refractivity contribution >= 4 is 29.5 Å². The molecule has 0 spiro atoms. The van der Waals surface area contributed by atoms with Crippen molar-refractivity contribution in [2.24, 2.45) is 11.8 Å². The van der Waals surface area contributed by atoms with E-state index in [1.54, 1.807) is 11.8 Å². The van der Waals surface area contributed by atoms with E-state index in [9.17, 15) is 4.79 Å². The quantitative estimate of drug-likeness (QED) is 0.264. The summed E-state index contributed by atoms with van der Waals surface area (Å²) >= 11 is 1.80. The fourth-order valence-corrected chi connectivity index (χ4v) is 4.16. The summed E-state index contributed by atoms with van der Waals surface area (Å²) in [4.78, 5) is 26.2. The van der Waals surface area contributed by atoms with Crippen molar-refractivity contribution in [1.29, 1.82) is 0 Å². The van der Waals surface area contributed by atoms with Gasteiger partial charge in [0.05, 0.1) is 12.5 Å². The van der Waals surface area contributed by atoms with E-state index in [1.165, 1.54) is 12.8 Å². The Morgan fingerprint density at radius 3 is 2.61 bits per heavy atom. The highest BCUT2D eigenvalue weighted by molar-refractivity contribution is 7.99. The van der Waals surface area contributed by atoms with E-state index in [2.05, 4.69) is 45.5 Å². The van der Waals surface area contributed by atoms with E-state index in [-0.39, 0.29) is 17.8 Å². The number of carbonyl (C=O) groups excluding carboxylic acids is 1. The van der Waals surface area contributed by atoms with Crippen LogP contribution in [-0.4, -0.2) is 46.4 Å². The zero-order valence-electron chi connectivity index (χ0n) is 18.6. The zero-order chi connectivity index (χ0) is 22.1. The monoisotopic (exact) mass is 443 g/mol. The summed E-state index contributed by atoms with van der Waals surface area (Å²) < 4.78 is 5.10. The van der Waals surface area contributed by atoms with Crippen LogP contribution in [0.25, 0.3) is 0 Å². The number of anilines is 2. The lowest BCUT2D eigenvalue weighted by molar-refractivity contribution is -0.144. The Balaban J connectivity index is 1.36. The van der Waals surface area contributed by atoms with Crippen LogP contribution in [0.15, 0.2) is 35.6 Å². The SMILES string of the molecule is CCCCSc1cnc(NC[C@H](C)CNc2ccc([C@H]3C[C@@H]3C(=O)OCC)cn2)nc1. The van der Waals surface area contributed by atoms with Crippen LogP contribution < -0.4 is 10.6 Å². The lowest BCUT2D eigenvalue weighted by atomic mass is 10.1. The number of rotatable bonds is 13. The van der Waals surface area contributed by atoms with E-state index in [0.717, 1.165) is 41.5 Å². The second-order valence-electron chi connectivity index (χ2n) is 7.99. The summed E-state index contributed by atoms with van der Waals surface area (Å²) in [6.07, 6.45) is 8.91. The number of ether oxygens (including phenoxy) is 1. The largest absolute Gasteiger partial charge is 0.466 e. The van der Waals surface area contributed by atoms with Crippen molar-refractivity contribution in [3.8, 4) is 0 Å². The minimum Gasteiger partial charge on any atom is -0.466 e. The third-order valence-electron chi connectivity index (χ3n) is 5.23. The van der Waals surface area contributed by atoms with Gasteiger partial charge in [0.15, 0.2) is 0 Å². The summed E-state index contributed by atoms with van der Waals surface area (Å²) in [6, 6.07) is 4.03. The van der Waals surface area contributed by atoms with Crippen molar-refractivity contribution in [2.75, 3.05) is 36.1 Å². The number of thioether (sulfide) groups is 1. The number of nitrogens with zero attached hydrogens (tertiary/aromatic N) is 3. The van der Waals surface area contributed by atoms with Crippen LogP contribution in [0.3, 0.4) is 0 Å². The highest BCUT2D eigenvalue weighted by atomic mass is 32.2. The van der Waals surface area contributed by atoms with Gasteiger partial charge in [0, 0.05) is 36.6 Å². The molecule has 2 heterocycles. The summed E-state index contributed by atoms with van der Waals surface area (Å²) in [7, 11) is 0. The molecule has 168 valence electrons. The van der Waals surface area contributed by atoms with Crippen LogP contribution >= 0.6 is 11.8 Å². The molecule has 7 nitrogen and oxygen atoms in total. The molecule has 8 heteroatoms. The summed E-state index contributed by atoms with van der Waals surface area (Å²) in [6.45, 7) is 8.20. The van der Waals surface area contributed by atoms with Gasteiger partial charge in [-0.1, -0.05) is 26.3 Å². The van der Waals surface area contributed by atoms with Crippen LogP contribution in [0, 0.1) is 11.8 Å². The molecule has 3 rings (SSSR count). The molecule has 1 fully saturated rings. The van der Waals surface area contributed by atoms with Crippen molar-refractivity contribution in [3.63, 3.8) is 0 Å². The second kappa shape index (κ2) is 11.9. The van der Waals surface area contributed by atoms with Gasteiger partial charge in [0.25, 0.3) is 0 Å². The van der Waals surface area contributed by atoms with Crippen LogP contribution in [0.4, 0.5) is 11.8 Å². The molecule has 2 N–H and O–H groups in total. The minimum atomic E-state index is -0.0927. The van der Waals surface area contributed by atoms with Gasteiger partial charge in [0.2, 0.25) is 5.95 Å². The molecule has 0 amide bonds. The van der Waals surface area contributed by atoms with Crippen molar-refractivity contribution in [3.05, 3.63) is 36.3 Å². The molecule has 0 aromatic carbocycles. The first-order valence-electron chi connectivity index (χ1n) is 11.2. The number of unbranched alkanes of at least 4 members (excludes halogenated alkanes) is 1. The van der Waals surface area contributed by atoms with Crippen LogP contribution in [-0.2, 0) is 9.53 Å². The number of esters is 1. The van der Waals surface area contributed by atoms with Gasteiger partial charge in [-0.3, -0.25) is 4.79 Å². The van der Waals surface area contributed by atoms with Crippen LogP contribution in [0.2, 0.25) is 0 Å². The number of aromatic nitrogens is 3. The maximum atomic E-state index is 11.8. The van der Waals surface area contributed by atoms with Crippen molar-refractivity contribution < 1.29 is 9.53 Å². The molecule has 2 aromatic heterocycles. The van der Waals surface area contributed by atoms with Crippen LogP contribution in [0.5, 0.6) is 0 Å². The molecule has 1 aliphatic carbocycles. The predicted octanol–water partition coefficient (Wildman–Crippen LogP) is 4.59. The smallest absolute Gasteiger partial charge is 0.309 e. The number of hydrogen-bond donors (Lipinski definition) is 2. The lowest BCUT2D eigenvalue weighted by Gasteiger charge is -2.14. The van der Waals surface area contributed by atoms with E-state index >= 15 is 0 Å². The molecule has 31 heavy (non-hydrogen) atoms. The van der Waals surface area contributed by atoms with E-state index in [4.69, 9.17) is 4.74 Å². The third-order valence-corrected chi connectivity index (χ3v) is 6.27. The third kappa shape index (κ3) is 7.38. The maximum Gasteiger partial charge on any atom is 0.309 e. The molecule has 1 saturated carbocycles. The normalized spacial score (nSPS) is 18.3. The Morgan fingerprint density at radius 2 is 1.94 bits per heavy atom. The van der Waals surface area contributed by atoms with E-state index in [1.807, 2.05) is 31.6 Å². The molecule has 0 saturated heterocycles. The summed E-state index contributed by atoms with van der Waals surface area (Å²) in [5, 5.41) is 6.67. The molecule has 3 atom stereocenters. The average Bonchev–Trinajstić information content (AvgIpc) is 3.59. The molecule has 0 unspecified atom stereocenters. The van der Waals surface area contributed by atoms with Gasteiger partial charge in [0.1, 0.15) is 5.82 Å². The fourth-order valence-electron chi connectivity index (χ4n) is 3.24. The van der Waals surface area contributed by atoms with Gasteiger partial charge < -0.3 is 15.4 Å².